The molecular formula is C17H14FN3OS. The van der Waals surface area contributed by atoms with Gasteiger partial charge in [-0.15, -0.1) is 11.3 Å². The number of halogens is 1. The fourth-order valence-electron chi connectivity index (χ4n) is 2.01. The summed E-state index contributed by atoms with van der Waals surface area (Å²) in [7, 11) is 1.69. The van der Waals surface area contributed by atoms with Gasteiger partial charge in [0, 0.05) is 12.6 Å². The molecule has 0 radical (unpaired) electrons. The number of fused-ring (bicyclic) bond motifs is 1. The van der Waals surface area contributed by atoms with Gasteiger partial charge < -0.3 is 10.4 Å². The van der Waals surface area contributed by atoms with E-state index in [2.05, 4.69) is 15.3 Å². The second-order valence-corrected chi connectivity index (χ2v) is 5.81. The molecule has 0 saturated carbocycles. The fourth-order valence-corrected chi connectivity index (χ4v) is 2.92. The molecule has 116 valence electrons. The molecule has 2 heterocycles. The molecule has 0 atom stereocenters. The normalized spacial score (nSPS) is 11.7. The van der Waals surface area contributed by atoms with E-state index in [4.69, 9.17) is 0 Å². The highest BCUT2D eigenvalue weighted by molar-refractivity contribution is 7.19. The van der Waals surface area contributed by atoms with Gasteiger partial charge in [0.2, 0.25) is 5.95 Å². The van der Waals surface area contributed by atoms with E-state index in [1.807, 2.05) is 6.08 Å². The van der Waals surface area contributed by atoms with Crippen molar-refractivity contribution in [2.45, 2.75) is 0 Å². The van der Waals surface area contributed by atoms with Crippen LogP contribution < -0.4 is 5.32 Å². The smallest absolute Gasteiger partial charge is 0.222 e. The van der Waals surface area contributed by atoms with Crippen LogP contribution in [0.25, 0.3) is 22.4 Å². The minimum absolute atomic E-state index is 0.226. The van der Waals surface area contributed by atoms with E-state index in [1.54, 1.807) is 55.6 Å². The summed E-state index contributed by atoms with van der Waals surface area (Å²) in [5, 5.41) is 13.1. The Labute approximate surface area is 136 Å². The number of rotatable bonds is 4. The standard InChI is InChI=1S/C17H14FN3OS/c1-19-15-9-6-11(17(18)21-15)4-2-3-5-16-20-13-8-7-12(22)10-14(13)23-16/h2-10,22H,1H3,(H,19,21)/b4-2+,5-3+/i18-1. The molecule has 4 nitrogen and oxygen atoms in total. The Morgan fingerprint density at radius 3 is 2.74 bits per heavy atom. The van der Waals surface area contributed by atoms with Crippen LogP contribution in [0.2, 0.25) is 0 Å². The third kappa shape index (κ3) is 3.54. The summed E-state index contributed by atoms with van der Waals surface area (Å²) in [6.07, 6.45) is 7.02. The lowest BCUT2D eigenvalue weighted by molar-refractivity contribution is 0.476. The topological polar surface area (TPSA) is 58.0 Å². The summed E-state index contributed by atoms with van der Waals surface area (Å²) < 4.78 is 14.6. The van der Waals surface area contributed by atoms with E-state index in [1.165, 1.54) is 11.3 Å². The van der Waals surface area contributed by atoms with Crippen molar-refractivity contribution in [2.24, 2.45) is 0 Å². The lowest BCUT2D eigenvalue weighted by Gasteiger charge is -2.00. The lowest BCUT2D eigenvalue weighted by Crippen LogP contribution is -1.95. The second-order valence-electron chi connectivity index (χ2n) is 4.75. The number of phenols is 1. The van der Waals surface area contributed by atoms with Crippen LogP contribution in [0.3, 0.4) is 0 Å². The van der Waals surface area contributed by atoms with Crippen LogP contribution in [0, 0.1) is 5.95 Å². The molecule has 2 N–H and O–H groups in total. The van der Waals surface area contributed by atoms with Crippen molar-refractivity contribution in [1.29, 1.82) is 0 Å². The van der Waals surface area contributed by atoms with Gasteiger partial charge in [-0.05, 0) is 36.4 Å². The van der Waals surface area contributed by atoms with Gasteiger partial charge in [0.25, 0.3) is 0 Å². The Balaban J connectivity index is 1.74. The average molecular weight is 326 g/mol. The van der Waals surface area contributed by atoms with Crippen LogP contribution in [0.15, 0.2) is 42.5 Å². The van der Waals surface area contributed by atoms with Crippen molar-refractivity contribution in [2.75, 3.05) is 12.4 Å². The molecule has 2 aromatic heterocycles. The third-order valence-electron chi connectivity index (χ3n) is 3.15. The SMILES string of the molecule is CNc1ccc(/C=C/C=C/c2nc3ccc(O)cc3s2)c([18F])n1. The minimum Gasteiger partial charge on any atom is -0.508 e. The lowest BCUT2D eigenvalue weighted by atomic mass is 10.2. The number of phenolic OH excluding ortho intramolecular Hbond substituents is 1. The molecule has 23 heavy (non-hydrogen) atoms. The number of allylic oxidation sites excluding steroid dienone is 2. The molecule has 0 saturated heterocycles. The van der Waals surface area contributed by atoms with Gasteiger partial charge in [-0.1, -0.05) is 18.2 Å². The van der Waals surface area contributed by atoms with Gasteiger partial charge in [0.1, 0.15) is 16.6 Å². The number of hydrogen-bond acceptors (Lipinski definition) is 5. The summed E-state index contributed by atoms with van der Waals surface area (Å²) in [5.74, 6) is 0.203. The predicted octanol–water partition coefficient (Wildman–Crippen LogP) is 4.30. The Hall–Kier alpha value is -2.73. The number of aromatic hydroxyl groups is 1. The van der Waals surface area contributed by atoms with E-state index < -0.39 is 5.95 Å². The Bertz CT molecular complexity index is 902. The number of thiazole rings is 1. The van der Waals surface area contributed by atoms with Crippen molar-refractivity contribution in [3.63, 3.8) is 0 Å². The summed E-state index contributed by atoms with van der Waals surface area (Å²) in [4.78, 5) is 8.21. The molecule has 0 fully saturated rings. The second kappa shape index (κ2) is 6.58. The van der Waals surface area contributed by atoms with Gasteiger partial charge in [-0.2, -0.15) is 4.39 Å². The van der Waals surface area contributed by atoms with Crippen molar-refractivity contribution >= 4 is 39.5 Å². The van der Waals surface area contributed by atoms with Crippen LogP contribution in [-0.4, -0.2) is 22.1 Å². The first-order valence-electron chi connectivity index (χ1n) is 6.94. The number of anilines is 1. The predicted molar refractivity (Wildman–Crippen MR) is 93.1 cm³/mol. The first kappa shape index (κ1) is 15.2. The zero-order valence-corrected chi connectivity index (χ0v) is 13.1. The monoisotopic (exact) mass is 326 g/mol. The van der Waals surface area contributed by atoms with E-state index in [0.717, 1.165) is 15.2 Å². The Kier molecular flexibility index (Phi) is 4.34. The fraction of sp³-hybridized carbons (Fsp3) is 0.0588. The van der Waals surface area contributed by atoms with E-state index >= 15 is 0 Å². The molecule has 0 amide bonds. The summed E-state index contributed by atoms with van der Waals surface area (Å²) in [6, 6.07) is 8.45. The van der Waals surface area contributed by atoms with Crippen LogP contribution in [0.4, 0.5) is 10.2 Å². The molecule has 0 aliphatic carbocycles. The highest BCUT2D eigenvalue weighted by Crippen LogP contribution is 2.26. The molecular weight excluding hydrogens is 312 g/mol. The van der Waals surface area contributed by atoms with Crippen molar-refractivity contribution in [3.05, 3.63) is 59.0 Å². The molecule has 1 aromatic carbocycles. The summed E-state index contributed by atoms with van der Waals surface area (Å²) in [6.45, 7) is 0. The van der Waals surface area contributed by atoms with Gasteiger partial charge in [0.05, 0.1) is 10.2 Å². The van der Waals surface area contributed by atoms with Gasteiger partial charge in [-0.3, -0.25) is 0 Å². The number of pyridine rings is 1. The number of hydrogen-bond donors (Lipinski definition) is 2. The molecule has 6 heteroatoms. The number of aromatic nitrogens is 2. The first-order chi connectivity index (χ1) is 11.2. The van der Waals surface area contributed by atoms with Crippen molar-refractivity contribution in [3.8, 4) is 5.75 Å². The largest absolute Gasteiger partial charge is 0.508 e. The van der Waals surface area contributed by atoms with Gasteiger partial charge >= 0.3 is 0 Å². The maximum atomic E-state index is 13.7. The summed E-state index contributed by atoms with van der Waals surface area (Å²) in [5.41, 5.74) is 1.26. The zero-order chi connectivity index (χ0) is 16.2. The third-order valence-corrected chi connectivity index (χ3v) is 4.13. The highest BCUT2D eigenvalue weighted by Gasteiger charge is 2.02. The van der Waals surface area contributed by atoms with Crippen LogP contribution >= 0.6 is 11.3 Å². The number of nitrogens with one attached hydrogen (secondary N) is 1. The van der Waals surface area contributed by atoms with Crippen molar-refractivity contribution in [1.82, 2.24) is 9.97 Å². The van der Waals surface area contributed by atoms with E-state index in [-0.39, 0.29) is 5.75 Å². The Morgan fingerprint density at radius 2 is 1.96 bits per heavy atom. The first-order valence-corrected chi connectivity index (χ1v) is 7.76. The number of benzene rings is 1. The van der Waals surface area contributed by atoms with Crippen LogP contribution in [0.5, 0.6) is 5.75 Å². The van der Waals surface area contributed by atoms with E-state index in [0.29, 0.717) is 11.4 Å². The average Bonchev–Trinajstić information content (AvgIpc) is 2.94. The quantitative estimate of drug-likeness (QED) is 0.554. The van der Waals surface area contributed by atoms with Crippen LogP contribution in [-0.2, 0) is 0 Å². The number of nitrogens with zero attached hydrogens (tertiary/aromatic N) is 2. The molecule has 0 bridgehead atoms. The van der Waals surface area contributed by atoms with Crippen LogP contribution in [0.1, 0.15) is 10.6 Å². The van der Waals surface area contributed by atoms with Gasteiger partial charge in [0.15, 0.2) is 0 Å². The minimum atomic E-state index is -0.517. The maximum absolute atomic E-state index is 13.7. The molecule has 0 spiro atoms. The Morgan fingerprint density at radius 1 is 1.13 bits per heavy atom. The van der Waals surface area contributed by atoms with Gasteiger partial charge in [-0.25, -0.2) is 9.97 Å². The highest BCUT2D eigenvalue weighted by atomic mass is 32.1. The molecule has 3 aromatic rings. The molecule has 3 rings (SSSR count). The zero-order valence-electron chi connectivity index (χ0n) is 12.3. The molecule has 0 unspecified atom stereocenters. The molecule has 0 aliphatic rings. The molecule has 0 aliphatic heterocycles. The van der Waals surface area contributed by atoms with Crippen molar-refractivity contribution < 1.29 is 9.50 Å². The van der Waals surface area contributed by atoms with E-state index in [9.17, 15) is 9.50 Å². The summed E-state index contributed by atoms with van der Waals surface area (Å²) >= 11 is 1.48. The maximum Gasteiger partial charge on any atom is 0.222 e.